The van der Waals surface area contributed by atoms with Crippen molar-refractivity contribution in [3.8, 4) is 0 Å². The Hall–Kier alpha value is -1.67. The number of anilines is 1. The molecule has 4 N–H and O–H groups in total. The summed E-state index contributed by atoms with van der Waals surface area (Å²) in [6, 6.07) is 1.75. The van der Waals surface area contributed by atoms with E-state index in [-0.39, 0.29) is 11.9 Å². The van der Waals surface area contributed by atoms with E-state index in [9.17, 15) is 0 Å². The molecule has 1 fully saturated rings. The maximum Gasteiger partial charge on any atom is 0.291 e. The van der Waals surface area contributed by atoms with Crippen LogP contribution in [0.15, 0.2) is 16.7 Å². The summed E-state index contributed by atoms with van der Waals surface area (Å²) < 4.78 is 6.04. The zero-order valence-electron chi connectivity index (χ0n) is 11.2. The van der Waals surface area contributed by atoms with Crippen molar-refractivity contribution in [2.24, 2.45) is 0 Å². The third-order valence-electron chi connectivity index (χ3n) is 2.94. The Kier molecular flexibility index (Phi) is 4.91. The molecule has 8 heteroatoms. The molecule has 20 heavy (non-hydrogen) atoms. The van der Waals surface area contributed by atoms with Gasteiger partial charge >= 0.3 is 0 Å². The maximum atomic E-state index is 7.92. The normalized spacial score (nSPS) is 14.8. The maximum absolute atomic E-state index is 7.92. The second-order valence-electron chi connectivity index (χ2n) is 4.28. The molecule has 0 spiro atoms. The number of amidine groups is 1. The highest BCUT2D eigenvalue weighted by atomic mass is 79.9. The summed E-state index contributed by atoms with van der Waals surface area (Å²) in [6.07, 6.45) is 1.55. The molecule has 1 aliphatic heterocycles. The molecule has 0 amide bonds. The fraction of sp³-hybridized carbons (Fsp3) is 0.417. The van der Waals surface area contributed by atoms with Crippen LogP contribution in [0.25, 0.3) is 0 Å². The van der Waals surface area contributed by atoms with Crippen molar-refractivity contribution < 1.29 is 4.74 Å². The number of aromatic nitrogens is 1. The molecule has 0 atom stereocenters. The first-order valence-electron chi connectivity index (χ1n) is 6.26. The fourth-order valence-electron chi connectivity index (χ4n) is 1.83. The van der Waals surface area contributed by atoms with E-state index < -0.39 is 0 Å². The minimum absolute atomic E-state index is 0.00492. The van der Waals surface area contributed by atoms with Gasteiger partial charge in [-0.15, -0.1) is 0 Å². The first-order chi connectivity index (χ1) is 9.61. The monoisotopic (exact) mass is 340 g/mol. The standard InChI is InChI=1S/C12H17BrN6O/c1-16-11-9(13)6-8(7-18-11)10(14)20-12(15)19-4-2-17-3-5-19/h6-7,14-15,17H,2-5H2,1H3,(H,16,18). The third kappa shape index (κ3) is 3.45. The number of ether oxygens (including phenoxy) is 1. The van der Waals surface area contributed by atoms with Crippen molar-refractivity contribution in [2.75, 3.05) is 38.5 Å². The molecule has 0 unspecified atom stereocenters. The Labute approximate surface area is 125 Å². The Bertz CT molecular complexity index is 515. The summed E-state index contributed by atoms with van der Waals surface area (Å²) in [7, 11) is 1.77. The average molecular weight is 341 g/mol. The molecule has 0 aliphatic carbocycles. The molecule has 0 radical (unpaired) electrons. The number of nitrogens with zero attached hydrogens (tertiary/aromatic N) is 2. The van der Waals surface area contributed by atoms with Gasteiger partial charge in [0.1, 0.15) is 5.82 Å². The van der Waals surface area contributed by atoms with Crippen molar-refractivity contribution >= 4 is 33.7 Å². The lowest BCUT2D eigenvalue weighted by atomic mass is 10.3. The van der Waals surface area contributed by atoms with E-state index in [0.717, 1.165) is 17.6 Å². The SMILES string of the molecule is CNc1ncc(C(=N)OC(=N)N2CCNCC2)cc1Br. The molecular formula is C12H17BrN6O. The summed E-state index contributed by atoms with van der Waals surface area (Å²) >= 11 is 3.37. The molecule has 0 bridgehead atoms. The molecule has 0 saturated carbocycles. The molecule has 7 nitrogen and oxygen atoms in total. The van der Waals surface area contributed by atoms with Gasteiger partial charge in [-0.2, -0.15) is 0 Å². The Morgan fingerprint density at radius 3 is 2.75 bits per heavy atom. The van der Waals surface area contributed by atoms with E-state index in [0.29, 0.717) is 24.5 Å². The van der Waals surface area contributed by atoms with Crippen LogP contribution in [0, 0.1) is 10.8 Å². The molecular weight excluding hydrogens is 324 g/mol. The highest BCUT2D eigenvalue weighted by Gasteiger charge is 2.17. The number of piperazine rings is 1. The van der Waals surface area contributed by atoms with Gasteiger partial charge in [0.25, 0.3) is 6.02 Å². The van der Waals surface area contributed by atoms with Gasteiger partial charge in [0, 0.05) is 39.4 Å². The van der Waals surface area contributed by atoms with Gasteiger partial charge in [-0.25, -0.2) is 4.98 Å². The number of hydrogen-bond acceptors (Lipinski definition) is 6. The van der Waals surface area contributed by atoms with Crippen LogP contribution < -0.4 is 10.6 Å². The van der Waals surface area contributed by atoms with E-state index in [4.69, 9.17) is 15.6 Å². The number of halogens is 1. The Balaban J connectivity index is 2.00. The largest absolute Gasteiger partial charge is 0.407 e. The minimum Gasteiger partial charge on any atom is -0.407 e. The predicted molar refractivity (Wildman–Crippen MR) is 81.6 cm³/mol. The van der Waals surface area contributed by atoms with Crippen LogP contribution in [0.5, 0.6) is 0 Å². The van der Waals surface area contributed by atoms with E-state index in [1.807, 2.05) is 0 Å². The summed E-state index contributed by atoms with van der Waals surface area (Å²) in [4.78, 5) is 5.97. The first kappa shape index (κ1) is 14.7. The number of rotatable bonds is 2. The average Bonchev–Trinajstić information content (AvgIpc) is 2.48. The first-order valence-corrected chi connectivity index (χ1v) is 7.05. The van der Waals surface area contributed by atoms with Gasteiger partial charge in [0.15, 0.2) is 0 Å². The van der Waals surface area contributed by atoms with E-state index in [1.54, 1.807) is 24.2 Å². The van der Waals surface area contributed by atoms with Gasteiger partial charge in [-0.3, -0.25) is 10.8 Å². The molecule has 0 aromatic carbocycles. The van der Waals surface area contributed by atoms with Gasteiger partial charge < -0.3 is 20.3 Å². The summed E-state index contributed by atoms with van der Waals surface area (Å²) in [6.45, 7) is 3.07. The van der Waals surface area contributed by atoms with Crippen LogP contribution in [0.1, 0.15) is 5.56 Å². The number of pyridine rings is 1. The van der Waals surface area contributed by atoms with Crippen molar-refractivity contribution in [2.45, 2.75) is 0 Å². The molecule has 1 aromatic rings. The summed E-state index contributed by atoms with van der Waals surface area (Å²) in [5, 5.41) is 21.9. The molecule has 108 valence electrons. The van der Waals surface area contributed by atoms with Crippen LogP contribution in [0.4, 0.5) is 5.82 Å². The Morgan fingerprint density at radius 1 is 1.45 bits per heavy atom. The minimum atomic E-state index is -0.0793. The van der Waals surface area contributed by atoms with Gasteiger partial charge in [-0.05, 0) is 22.0 Å². The van der Waals surface area contributed by atoms with Crippen LogP contribution in [-0.4, -0.2) is 55.0 Å². The summed E-state index contributed by atoms with van der Waals surface area (Å²) in [5.74, 6) is 0.614. The van der Waals surface area contributed by atoms with Gasteiger partial charge in [0.2, 0.25) is 5.90 Å². The van der Waals surface area contributed by atoms with Crippen molar-refractivity contribution in [3.05, 3.63) is 22.3 Å². The van der Waals surface area contributed by atoms with Gasteiger partial charge in [-0.1, -0.05) is 0 Å². The molecule has 2 heterocycles. The van der Waals surface area contributed by atoms with E-state index in [1.165, 1.54) is 0 Å². The van der Waals surface area contributed by atoms with E-state index >= 15 is 0 Å². The zero-order valence-corrected chi connectivity index (χ0v) is 12.7. The smallest absolute Gasteiger partial charge is 0.291 e. The van der Waals surface area contributed by atoms with Crippen LogP contribution in [0.2, 0.25) is 0 Å². The third-order valence-corrected chi connectivity index (χ3v) is 3.55. The summed E-state index contributed by atoms with van der Waals surface area (Å²) in [5.41, 5.74) is 0.524. The molecule has 1 aromatic heterocycles. The van der Waals surface area contributed by atoms with E-state index in [2.05, 4.69) is 31.5 Å². The second kappa shape index (κ2) is 6.67. The van der Waals surface area contributed by atoms with Crippen molar-refractivity contribution in [3.63, 3.8) is 0 Å². The van der Waals surface area contributed by atoms with Crippen LogP contribution in [-0.2, 0) is 4.74 Å². The van der Waals surface area contributed by atoms with Crippen LogP contribution in [0.3, 0.4) is 0 Å². The van der Waals surface area contributed by atoms with Crippen molar-refractivity contribution in [1.29, 1.82) is 10.8 Å². The lowest BCUT2D eigenvalue weighted by molar-refractivity contribution is 0.295. The Morgan fingerprint density at radius 2 is 2.15 bits per heavy atom. The predicted octanol–water partition coefficient (Wildman–Crippen LogP) is 1.07. The highest BCUT2D eigenvalue weighted by molar-refractivity contribution is 9.10. The van der Waals surface area contributed by atoms with Gasteiger partial charge in [0.05, 0.1) is 10.0 Å². The molecule has 1 saturated heterocycles. The molecule has 2 rings (SSSR count). The quantitative estimate of drug-likeness (QED) is 0.477. The number of hydrogen-bond donors (Lipinski definition) is 4. The lowest BCUT2D eigenvalue weighted by Crippen LogP contribution is -2.47. The lowest BCUT2D eigenvalue weighted by Gasteiger charge is -2.28. The zero-order chi connectivity index (χ0) is 14.5. The fourth-order valence-corrected chi connectivity index (χ4v) is 2.38. The molecule has 1 aliphatic rings. The van der Waals surface area contributed by atoms with Crippen LogP contribution >= 0.6 is 15.9 Å². The second-order valence-corrected chi connectivity index (χ2v) is 5.13. The highest BCUT2D eigenvalue weighted by Crippen LogP contribution is 2.20. The number of nitrogens with one attached hydrogen (secondary N) is 4. The van der Waals surface area contributed by atoms with Crippen molar-refractivity contribution in [1.82, 2.24) is 15.2 Å². The topological polar surface area (TPSA) is 97.1 Å².